The van der Waals surface area contributed by atoms with Gasteiger partial charge in [-0.1, -0.05) is 159 Å². The van der Waals surface area contributed by atoms with Crippen molar-refractivity contribution in [1.29, 1.82) is 0 Å². The third-order valence-corrected chi connectivity index (χ3v) is 15.7. The number of halogens is 3. The van der Waals surface area contributed by atoms with Gasteiger partial charge in [-0.05, 0) is 40.3 Å². The van der Waals surface area contributed by atoms with Gasteiger partial charge in [-0.2, -0.15) is 0 Å². The van der Waals surface area contributed by atoms with Crippen LogP contribution in [0.1, 0.15) is 50.8 Å². The van der Waals surface area contributed by atoms with Crippen LogP contribution in [0.4, 0.5) is 5.69 Å². The molecule has 214 valence electrons. The van der Waals surface area contributed by atoms with Crippen LogP contribution >= 0.6 is 33.2 Å². The van der Waals surface area contributed by atoms with Gasteiger partial charge in [0.25, 0.3) is 0 Å². The van der Waals surface area contributed by atoms with Crippen LogP contribution in [0.3, 0.4) is 0 Å². The SMILES string of the molecule is Cc1cc(C(c2ccccc2)c2ccccc2)c(N([Si](C)(C)C)[Si](Cl)(Cl)Cl)c(C(c2ccccc2)c2ccccc2)c1. The molecule has 5 rings (SSSR count). The zero-order valence-electron chi connectivity index (χ0n) is 24.4. The number of nitrogens with zero attached hydrogens (tertiary/aromatic N) is 1. The Labute approximate surface area is 267 Å². The van der Waals surface area contributed by atoms with Crippen molar-refractivity contribution in [2.75, 3.05) is 4.23 Å². The van der Waals surface area contributed by atoms with Crippen LogP contribution in [0, 0.1) is 6.92 Å². The Bertz CT molecular complexity index is 1400. The van der Waals surface area contributed by atoms with Crippen molar-refractivity contribution in [1.82, 2.24) is 0 Å². The molecule has 0 radical (unpaired) electrons. The highest BCUT2D eigenvalue weighted by Gasteiger charge is 2.46. The second-order valence-electron chi connectivity index (χ2n) is 11.8. The maximum Gasteiger partial charge on any atom is 0.446 e. The van der Waals surface area contributed by atoms with Crippen molar-refractivity contribution in [3.63, 3.8) is 0 Å². The van der Waals surface area contributed by atoms with E-state index in [9.17, 15) is 0 Å². The Morgan fingerprint density at radius 1 is 0.500 bits per heavy atom. The van der Waals surface area contributed by atoms with Gasteiger partial charge < -0.3 is 4.23 Å². The van der Waals surface area contributed by atoms with Crippen LogP contribution in [0.25, 0.3) is 0 Å². The number of hydrogen-bond acceptors (Lipinski definition) is 1. The number of anilines is 1. The summed E-state index contributed by atoms with van der Waals surface area (Å²) in [4.78, 5) is 0. The molecule has 0 aliphatic carbocycles. The molecular weight excluding hydrogens is 609 g/mol. The van der Waals surface area contributed by atoms with E-state index in [0.717, 1.165) is 5.69 Å². The lowest BCUT2D eigenvalue weighted by atomic mass is 9.78. The van der Waals surface area contributed by atoms with Crippen LogP contribution in [0.5, 0.6) is 0 Å². The van der Waals surface area contributed by atoms with Gasteiger partial charge in [0, 0.05) is 17.5 Å². The lowest BCUT2D eigenvalue weighted by molar-refractivity contribution is 0.934. The second kappa shape index (κ2) is 12.8. The molecule has 42 heavy (non-hydrogen) atoms. The van der Waals surface area contributed by atoms with E-state index < -0.39 is 14.4 Å². The van der Waals surface area contributed by atoms with Crippen molar-refractivity contribution in [2.24, 2.45) is 0 Å². The number of hydrogen-bond donors (Lipinski definition) is 0. The average molecular weight is 645 g/mol. The zero-order chi connectivity index (χ0) is 29.9. The summed E-state index contributed by atoms with van der Waals surface area (Å²) in [5.74, 6) is -0.0955. The Hall–Kier alpha value is -2.80. The zero-order valence-corrected chi connectivity index (χ0v) is 28.7. The highest BCUT2D eigenvalue weighted by molar-refractivity contribution is 7.67. The molecule has 0 aromatic heterocycles. The first-order chi connectivity index (χ1) is 20.1. The summed E-state index contributed by atoms with van der Waals surface area (Å²) in [5.41, 5.74) is 9.40. The van der Waals surface area contributed by atoms with E-state index in [1.165, 1.54) is 38.9 Å². The monoisotopic (exact) mass is 643 g/mol. The molecule has 0 saturated carbocycles. The average Bonchev–Trinajstić information content (AvgIpc) is 2.96. The maximum absolute atomic E-state index is 7.13. The van der Waals surface area contributed by atoms with Crippen LogP contribution in [-0.4, -0.2) is 14.4 Å². The summed E-state index contributed by atoms with van der Waals surface area (Å²) in [6, 6.07) is 47.4. The summed E-state index contributed by atoms with van der Waals surface area (Å²) >= 11 is 21.4. The van der Waals surface area contributed by atoms with Crippen LogP contribution in [0.2, 0.25) is 19.6 Å². The van der Waals surface area contributed by atoms with Gasteiger partial charge in [-0.3, -0.25) is 0 Å². The van der Waals surface area contributed by atoms with Gasteiger partial charge in [0.1, 0.15) is 8.24 Å². The molecule has 0 atom stereocenters. The van der Waals surface area contributed by atoms with Gasteiger partial charge in [-0.15, -0.1) is 33.2 Å². The number of benzene rings is 5. The predicted octanol–water partition coefficient (Wildman–Crippen LogP) is 11.1. The van der Waals surface area contributed by atoms with E-state index in [0.29, 0.717) is 0 Å². The molecule has 0 saturated heterocycles. The summed E-state index contributed by atoms with van der Waals surface area (Å²) in [7, 11) is -2.24. The minimum Gasteiger partial charge on any atom is -0.389 e. The number of rotatable bonds is 9. The maximum atomic E-state index is 7.13. The summed E-state index contributed by atoms with van der Waals surface area (Å²) in [5, 5.41) is 0. The molecule has 5 aromatic carbocycles. The molecule has 0 heterocycles. The van der Waals surface area contributed by atoms with Crippen LogP contribution in [0.15, 0.2) is 133 Å². The van der Waals surface area contributed by atoms with Crippen LogP contribution in [-0.2, 0) is 0 Å². The first-order valence-electron chi connectivity index (χ1n) is 14.3. The fraction of sp³-hybridized carbons (Fsp3) is 0.167. The van der Waals surface area contributed by atoms with Gasteiger partial charge in [0.15, 0.2) is 0 Å². The topological polar surface area (TPSA) is 3.24 Å². The molecule has 0 bridgehead atoms. The van der Waals surface area contributed by atoms with E-state index in [4.69, 9.17) is 33.2 Å². The van der Waals surface area contributed by atoms with Gasteiger partial charge in [0.05, 0.1) is 0 Å². The quantitative estimate of drug-likeness (QED) is 0.0876. The Morgan fingerprint density at radius 3 is 1.02 bits per heavy atom. The van der Waals surface area contributed by atoms with Gasteiger partial charge in [-0.25, -0.2) is 0 Å². The second-order valence-corrected chi connectivity index (χ2v) is 25.1. The molecular formula is C36H36Cl3NSi2. The highest BCUT2D eigenvalue weighted by Crippen LogP contribution is 2.49. The van der Waals surface area contributed by atoms with E-state index in [1.54, 1.807) is 0 Å². The normalized spacial score (nSPS) is 12.1. The lowest BCUT2D eigenvalue weighted by Gasteiger charge is -2.45. The predicted molar refractivity (Wildman–Crippen MR) is 188 cm³/mol. The van der Waals surface area contributed by atoms with Gasteiger partial charge in [0.2, 0.25) is 0 Å². The van der Waals surface area contributed by atoms with E-state index in [1.807, 2.05) is 0 Å². The van der Waals surface area contributed by atoms with Crippen molar-refractivity contribution >= 4 is 53.3 Å². The molecule has 1 nitrogen and oxygen atoms in total. The van der Waals surface area contributed by atoms with E-state index in [2.05, 4.69) is 164 Å². The number of aryl methyl sites for hydroxylation is 1. The van der Waals surface area contributed by atoms with Gasteiger partial charge >= 0.3 is 6.16 Å². The largest absolute Gasteiger partial charge is 0.446 e. The van der Waals surface area contributed by atoms with Crippen molar-refractivity contribution in [3.05, 3.63) is 172 Å². The summed E-state index contributed by atoms with van der Waals surface area (Å²) in [6.07, 6.45) is -3.43. The first-order valence-corrected chi connectivity index (χ1v) is 22.7. The van der Waals surface area contributed by atoms with E-state index >= 15 is 0 Å². The summed E-state index contributed by atoms with van der Waals surface area (Å²) < 4.78 is 2.26. The third-order valence-electron chi connectivity index (χ3n) is 7.61. The standard InChI is InChI=1S/C36H36Cl3NSi2/c1-27-25-32(34(28-17-9-5-10-18-28)29-19-11-6-12-20-29)36(40(41(2,3)4)42(37,38)39)33(26-27)35(30-21-13-7-14-22-30)31-23-15-8-16-24-31/h5-26,34-35H,1-4H3. The van der Waals surface area contributed by atoms with Crippen LogP contribution < -0.4 is 4.23 Å². The van der Waals surface area contributed by atoms with E-state index in [-0.39, 0.29) is 11.8 Å². The molecule has 0 aliphatic heterocycles. The Balaban J connectivity index is 1.94. The molecule has 0 spiro atoms. The molecule has 0 aliphatic rings. The fourth-order valence-corrected chi connectivity index (χ4v) is 18.2. The van der Waals surface area contributed by atoms with Crippen molar-refractivity contribution < 1.29 is 0 Å². The highest BCUT2D eigenvalue weighted by atomic mass is 35.8. The van der Waals surface area contributed by atoms with Crippen molar-refractivity contribution in [2.45, 2.75) is 38.4 Å². The van der Waals surface area contributed by atoms with Crippen molar-refractivity contribution in [3.8, 4) is 0 Å². The smallest absolute Gasteiger partial charge is 0.389 e. The lowest BCUT2D eigenvalue weighted by Crippen LogP contribution is -2.57. The molecule has 0 fully saturated rings. The molecule has 0 N–H and O–H groups in total. The Morgan fingerprint density at radius 2 is 0.786 bits per heavy atom. The minimum absolute atomic E-state index is 0.0477. The molecule has 0 amide bonds. The fourth-order valence-electron chi connectivity index (χ4n) is 6.06. The first kappa shape index (κ1) is 30.7. The molecule has 0 unspecified atom stereocenters. The Kier molecular flexibility index (Phi) is 9.36. The molecule has 6 heteroatoms. The third kappa shape index (κ3) is 6.72. The molecule has 5 aromatic rings. The summed E-state index contributed by atoms with van der Waals surface area (Å²) in [6.45, 7) is 9.00. The minimum atomic E-state index is -3.43.